The van der Waals surface area contributed by atoms with Crippen LogP contribution in [0.5, 0.6) is 0 Å². The fourth-order valence-corrected chi connectivity index (χ4v) is 4.62. The third-order valence-electron chi connectivity index (χ3n) is 5.52. The lowest BCUT2D eigenvalue weighted by Gasteiger charge is -2.10. The minimum Gasteiger partial charge on any atom is -0.366 e. The summed E-state index contributed by atoms with van der Waals surface area (Å²) in [4.78, 5) is 33.5. The van der Waals surface area contributed by atoms with Crippen LogP contribution in [0.3, 0.4) is 0 Å². The lowest BCUT2D eigenvalue weighted by atomic mass is 10.1. The zero-order valence-electron chi connectivity index (χ0n) is 18.1. The Kier molecular flexibility index (Phi) is 5.27. The first kappa shape index (κ1) is 22.2. The van der Waals surface area contributed by atoms with Crippen molar-refractivity contribution in [2.24, 2.45) is 10.9 Å². The van der Waals surface area contributed by atoms with Crippen molar-refractivity contribution in [2.75, 3.05) is 0 Å². The number of fused-ring (bicyclic) bond motifs is 1. The normalized spacial score (nSPS) is 11.6. The van der Waals surface area contributed by atoms with Gasteiger partial charge in [-0.3, -0.25) is 18.7 Å². The smallest absolute Gasteiger partial charge is 0.284 e. The highest BCUT2D eigenvalue weighted by atomic mass is 32.2. The van der Waals surface area contributed by atoms with Crippen molar-refractivity contribution in [3.05, 3.63) is 101 Å². The number of rotatable bonds is 5. The summed E-state index contributed by atoms with van der Waals surface area (Å²) >= 11 is 0. The molecule has 3 aromatic carbocycles. The Hall–Kier alpha value is -4.61. The van der Waals surface area contributed by atoms with Gasteiger partial charge in [-0.15, -0.1) is 0 Å². The number of hydrogen-bond acceptors (Lipinski definition) is 6. The number of carbonyl (C=O) groups is 1. The standard InChI is InChI=1S/C24H18N6O4S/c25-22(31)16-4-3-5-18(12-16)29-13-27-23-21(29)24(32)30(14-28-23)17-10-8-15(9-11-17)19-6-1-2-7-20(19)35(26,33)34/h1-14H,(H2,25,31)(H2,26,33,34). The van der Waals surface area contributed by atoms with E-state index in [0.29, 0.717) is 28.1 Å². The highest BCUT2D eigenvalue weighted by molar-refractivity contribution is 7.89. The van der Waals surface area contributed by atoms with Crippen LogP contribution in [-0.4, -0.2) is 33.4 Å². The minimum absolute atomic E-state index is 0.00935. The quantitative estimate of drug-likeness (QED) is 0.387. The van der Waals surface area contributed by atoms with E-state index in [2.05, 4.69) is 9.97 Å². The summed E-state index contributed by atoms with van der Waals surface area (Å²) in [6, 6.07) is 19.7. The summed E-state index contributed by atoms with van der Waals surface area (Å²) in [5.74, 6) is -0.587. The minimum atomic E-state index is -3.91. The molecule has 11 heteroatoms. The second-order valence-electron chi connectivity index (χ2n) is 7.71. The number of primary sulfonamides is 1. The van der Waals surface area contributed by atoms with Crippen LogP contribution in [0.4, 0.5) is 0 Å². The van der Waals surface area contributed by atoms with Crippen molar-refractivity contribution in [1.82, 2.24) is 19.1 Å². The molecule has 0 aliphatic carbocycles. The molecule has 2 heterocycles. The van der Waals surface area contributed by atoms with Gasteiger partial charge in [0.1, 0.15) is 12.7 Å². The molecule has 0 saturated carbocycles. The topological polar surface area (TPSA) is 156 Å². The highest BCUT2D eigenvalue weighted by Gasteiger charge is 2.16. The Bertz CT molecular complexity index is 1770. The van der Waals surface area contributed by atoms with E-state index in [-0.39, 0.29) is 21.6 Å². The molecule has 10 nitrogen and oxygen atoms in total. The molecule has 0 spiro atoms. The predicted octanol–water partition coefficient (Wildman–Crippen LogP) is 1.98. The molecule has 5 rings (SSSR count). The Morgan fingerprint density at radius 2 is 1.51 bits per heavy atom. The molecule has 5 aromatic rings. The van der Waals surface area contributed by atoms with Gasteiger partial charge < -0.3 is 5.73 Å². The molecule has 0 saturated heterocycles. The van der Waals surface area contributed by atoms with Gasteiger partial charge in [-0.05, 0) is 42.0 Å². The third-order valence-corrected chi connectivity index (χ3v) is 6.49. The number of amides is 1. The lowest BCUT2D eigenvalue weighted by molar-refractivity contribution is 0.1000. The zero-order chi connectivity index (χ0) is 24.7. The van der Waals surface area contributed by atoms with Crippen LogP contribution in [0.15, 0.2) is 95.1 Å². The summed E-state index contributed by atoms with van der Waals surface area (Å²) in [6.07, 6.45) is 2.83. The summed E-state index contributed by atoms with van der Waals surface area (Å²) in [6.45, 7) is 0. The number of imidazole rings is 1. The maximum absolute atomic E-state index is 13.4. The maximum Gasteiger partial charge on any atom is 0.284 e. The van der Waals surface area contributed by atoms with Crippen LogP contribution >= 0.6 is 0 Å². The largest absolute Gasteiger partial charge is 0.366 e. The SMILES string of the molecule is NC(=O)c1cccc(-n2cnc3ncn(-c4ccc(-c5ccccc5S(N)(=O)=O)cc4)c(=O)c32)c1. The molecule has 0 radical (unpaired) electrons. The Morgan fingerprint density at radius 3 is 2.20 bits per heavy atom. The molecule has 0 unspecified atom stereocenters. The van der Waals surface area contributed by atoms with E-state index in [1.165, 1.54) is 23.3 Å². The van der Waals surface area contributed by atoms with E-state index in [9.17, 15) is 18.0 Å². The summed E-state index contributed by atoms with van der Waals surface area (Å²) in [5, 5.41) is 5.35. The Labute approximate surface area is 199 Å². The zero-order valence-corrected chi connectivity index (χ0v) is 18.9. The molecule has 0 fully saturated rings. The molecule has 0 aliphatic heterocycles. The number of nitrogens with two attached hydrogens (primary N) is 2. The van der Waals surface area contributed by atoms with Crippen molar-refractivity contribution >= 4 is 27.1 Å². The van der Waals surface area contributed by atoms with E-state index in [0.717, 1.165) is 0 Å². The number of benzene rings is 3. The second-order valence-corrected chi connectivity index (χ2v) is 9.24. The molecule has 174 valence electrons. The molecular weight excluding hydrogens is 468 g/mol. The van der Waals surface area contributed by atoms with Crippen molar-refractivity contribution in [1.29, 1.82) is 0 Å². The first-order chi connectivity index (χ1) is 16.7. The number of aromatic nitrogens is 4. The van der Waals surface area contributed by atoms with Crippen LogP contribution in [0.1, 0.15) is 10.4 Å². The van der Waals surface area contributed by atoms with Gasteiger partial charge in [0, 0.05) is 16.8 Å². The molecule has 1 amide bonds. The number of primary amides is 1. The molecular formula is C24H18N6O4S. The number of hydrogen-bond donors (Lipinski definition) is 2. The van der Waals surface area contributed by atoms with Gasteiger partial charge in [-0.2, -0.15) is 0 Å². The average Bonchev–Trinajstić information content (AvgIpc) is 3.29. The third kappa shape index (κ3) is 3.98. The fraction of sp³-hybridized carbons (Fsp3) is 0. The average molecular weight is 487 g/mol. The van der Waals surface area contributed by atoms with Crippen LogP contribution in [0.25, 0.3) is 33.7 Å². The molecule has 4 N–H and O–H groups in total. The van der Waals surface area contributed by atoms with E-state index < -0.39 is 15.9 Å². The summed E-state index contributed by atoms with van der Waals surface area (Å²) < 4.78 is 26.8. The molecule has 2 aromatic heterocycles. The number of sulfonamides is 1. The highest BCUT2D eigenvalue weighted by Crippen LogP contribution is 2.27. The fourth-order valence-electron chi connectivity index (χ4n) is 3.85. The van der Waals surface area contributed by atoms with E-state index in [4.69, 9.17) is 10.9 Å². The lowest BCUT2D eigenvalue weighted by Crippen LogP contribution is -2.20. The molecule has 0 aliphatic rings. The van der Waals surface area contributed by atoms with Crippen molar-refractivity contribution < 1.29 is 13.2 Å². The van der Waals surface area contributed by atoms with E-state index in [1.54, 1.807) is 71.3 Å². The van der Waals surface area contributed by atoms with Gasteiger partial charge in [-0.1, -0.05) is 36.4 Å². The van der Waals surface area contributed by atoms with Gasteiger partial charge in [-0.25, -0.2) is 23.5 Å². The van der Waals surface area contributed by atoms with Crippen LogP contribution in [0, 0.1) is 0 Å². The predicted molar refractivity (Wildman–Crippen MR) is 130 cm³/mol. The first-order valence-corrected chi connectivity index (χ1v) is 11.9. The van der Waals surface area contributed by atoms with E-state index in [1.807, 2.05) is 0 Å². The van der Waals surface area contributed by atoms with Gasteiger partial charge >= 0.3 is 0 Å². The number of carbonyl (C=O) groups excluding carboxylic acids is 1. The van der Waals surface area contributed by atoms with Crippen LogP contribution in [0.2, 0.25) is 0 Å². The van der Waals surface area contributed by atoms with Gasteiger partial charge in [0.05, 0.1) is 10.6 Å². The van der Waals surface area contributed by atoms with Crippen molar-refractivity contribution in [3.8, 4) is 22.5 Å². The van der Waals surface area contributed by atoms with Gasteiger partial charge in [0.2, 0.25) is 15.9 Å². The molecule has 0 atom stereocenters. The second kappa shape index (κ2) is 8.31. The molecule has 35 heavy (non-hydrogen) atoms. The Morgan fingerprint density at radius 1 is 0.829 bits per heavy atom. The van der Waals surface area contributed by atoms with Crippen LogP contribution in [-0.2, 0) is 10.0 Å². The Balaban J connectivity index is 1.60. The summed E-state index contributed by atoms with van der Waals surface area (Å²) in [5.41, 5.74) is 7.89. The monoisotopic (exact) mass is 486 g/mol. The van der Waals surface area contributed by atoms with Crippen molar-refractivity contribution in [3.63, 3.8) is 0 Å². The molecule has 0 bridgehead atoms. The maximum atomic E-state index is 13.4. The number of nitrogens with zero attached hydrogens (tertiary/aromatic N) is 4. The van der Waals surface area contributed by atoms with Gasteiger partial charge in [0.25, 0.3) is 5.56 Å². The van der Waals surface area contributed by atoms with Gasteiger partial charge in [0.15, 0.2) is 11.2 Å². The van der Waals surface area contributed by atoms with Crippen molar-refractivity contribution in [2.45, 2.75) is 4.90 Å². The van der Waals surface area contributed by atoms with Crippen LogP contribution < -0.4 is 16.4 Å². The van der Waals surface area contributed by atoms with E-state index >= 15 is 0 Å². The first-order valence-electron chi connectivity index (χ1n) is 10.3. The summed E-state index contributed by atoms with van der Waals surface area (Å²) in [7, 11) is -3.91.